The quantitative estimate of drug-likeness (QED) is 0.522. The average molecular weight is 432 g/mol. The van der Waals surface area contributed by atoms with Crippen molar-refractivity contribution in [3.05, 3.63) is 64.2 Å². The molecule has 30 heavy (non-hydrogen) atoms. The largest absolute Gasteiger partial charge is 0.322 e. The zero-order chi connectivity index (χ0) is 21.7. The fraction of sp³-hybridized carbons (Fsp3) is 0.381. The number of nitro groups is 1. The molecule has 1 amide bonds. The van der Waals surface area contributed by atoms with Crippen LogP contribution in [0.25, 0.3) is 0 Å². The predicted molar refractivity (Wildman–Crippen MR) is 114 cm³/mol. The van der Waals surface area contributed by atoms with Gasteiger partial charge in [0.15, 0.2) is 0 Å². The molecule has 9 heteroatoms. The molecule has 2 aromatic rings. The highest BCUT2D eigenvalue weighted by Gasteiger charge is 2.31. The third-order valence-electron chi connectivity index (χ3n) is 5.35. The van der Waals surface area contributed by atoms with Gasteiger partial charge in [0.05, 0.1) is 9.82 Å². The van der Waals surface area contributed by atoms with Gasteiger partial charge in [0.2, 0.25) is 10.0 Å². The van der Waals surface area contributed by atoms with E-state index < -0.39 is 20.9 Å². The number of non-ortho nitro benzene ring substituents is 1. The molecule has 1 fully saturated rings. The number of hydrogen-bond acceptors (Lipinski definition) is 5. The Morgan fingerprint density at radius 1 is 1.07 bits per heavy atom. The molecule has 0 unspecified atom stereocenters. The Bertz CT molecular complexity index is 998. The monoisotopic (exact) mass is 431 g/mol. The van der Waals surface area contributed by atoms with Crippen LogP contribution in [0.3, 0.4) is 0 Å². The van der Waals surface area contributed by atoms with Crippen LogP contribution in [0.5, 0.6) is 0 Å². The van der Waals surface area contributed by atoms with Crippen molar-refractivity contribution in [3.63, 3.8) is 0 Å². The van der Waals surface area contributed by atoms with E-state index in [1.54, 1.807) is 4.31 Å². The summed E-state index contributed by atoms with van der Waals surface area (Å²) in [5, 5.41) is 13.4. The Labute approximate surface area is 176 Å². The molecule has 3 rings (SSSR count). The van der Waals surface area contributed by atoms with Crippen LogP contribution < -0.4 is 5.32 Å². The van der Waals surface area contributed by atoms with Gasteiger partial charge in [-0.2, -0.15) is 4.31 Å². The first-order valence-corrected chi connectivity index (χ1v) is 11.4. The lowest BCUT2D eigenvalue weighted by Crippen LogP contribution is -2.41. The molecule has 160 valence electrons. The highest BCUT2D eigenvalue weighted by Crippen LogP contribution is 2.28. The molecule has 0 aromatic heterocycles. The van der Waals surface area contributed by atoms with E-state index >= 15 is 0 Å². The summed E-state index contributed by atoms with van der Waals surface area (Å²) in [6.07, 6.45) is 4.98. The standard InChI is InChI=1S/C21H25N3O5S/c1-2-23(18-6-4-3-5-7-18)30(28,29)20-14-8-16(9-15-20)21(25)22-17-10-12-19(13-11-17)24(26)27/h8-15,18H,2-7H2,1H3,(H,22,25). The smallest absolute Gasteiger partial charge is 0.269 e. The van der Waals surface area contributed by atoms with E-state index in [4.69, 9.17) is 0 Å². The molecule has 0 radical (unpaired) electrons. The normalized spacial score (nSPS) is 15.1. The summed E-state index contributed by atoms with van der Waals surface area (Å²) < 4.78 is 27.8. The maximum Gasteiger partial charge on any atom is 0.269 e. The first kappa shape index (κ1) is 21.9. The maximum absolute atomic E-state index is 13.1. The van der Waals surface area contributed by atoms with Crippen LogP contribution in [-0.2, 0) is 10.0 Å². The van der Waals surface area contributed by atoms with Crippen molar-refractivity contribution < 1.29 is 18.1 Å². The van der Waals surface area contributed by atoms with Gasteiger partial charge in [-0.05, 0) is 49.2 Å². The molecule has 0 atom stereocenters. The van der Waals surface area contributed by atoms with Crippen LogP contribution in [0.2, 0.25) is 0 Å². The predicted octanol–water partition coefficient (Wildman–Crippen LogP) is 4.19. The van der Waals surface area contributed by atoms with Crippen LogP contribution in [0.1, 0.15) is 49.4 Å². The zero-order valence-electron chi connectivity index (χ0n) is 16.8. The molecule has 0 heterocycles. The average Bonchev–Trinajstić information content (AvgIpc) is 2.75. The van der Waals surface area contributed by atoms with Crippen LogP contribution >= 0.6 is 0 Å². The van der Waals surface area contributed by atoms with Gasteiger partial charge in [0.1, 0.15) is 0 Å². The van der Waals surface area contributed by atoms with Gasteiger partial charge in [0, 0.05) is 36.0 Å². The van der Waals surface area contributed by atoms with E-state index in [0.29, 0.717) is 17.8 Å². The molecule has 8 nitrogen and oxygen atoms in total. The van der Waals surface area contributed by atoms with Crippen LogP contribution in [0, 0.1) is 10.1 Å². The number of carbonyl (C=O) groups excluding carboxylic acids is 1. The minimum absolute atomic E-state index is 0.0267. The second-order valence-corrected chi connectivity index (χ2v) is 9.17. The van der Waals surface area contributed by atoms with Gasteiger partial charge >= 0.3 is 0 Å². The number of rotatable bonds is 7. The van der Waals surface area contributed by atoms with Crippen molar-refractivity contribution in [1.29, 1.82) is 0 Å². The van der Waals surface area contributed by atoms with Crippen molar-refractivity contribution in [3.8, 4) is 0 Å². The summed E-state index contributed by atoms with van der Waals surface area (Å²) in [5.74, 6) is -0.424. The first-order valence-electron chi connectivity index (χ1n) is 10.0. The second-order valence-electron chi connectivity index (χ2n) is 7.28. The number of benzene rings is 2. The molecule has 0 saturated heterocycles. The third-order valence-corrected chi connectivity index (χ3v) is 7.39. The molecule has 1 aliphatic rings. The number of sulfonamides is 1. The van der Waals surface area contributed by atoms with Gasteiger partial charge in [0.25, 0.3) is 11.6 Å². The molecule has 0 aliphatic heterocycles. The number of nitrogens with one attached hydrogen (secondary N) is 1. The number of amides is 1. The number of anilines is 1. The van der Waals surface area contributed by atoms with Gasteiger partial charge in [-0.1, -0.05) is 26.2 Å². The van der Waals surface area contributed by atoms with E-state index in [0.717, 1.165) is 32.1 Å². The summed E-state index contributed by atoms with van der Waals surface area (Å²) in [4.78, 5) is 22.8. The van der Waals surface area contributed by atoms with E-state index in [1.165, 1.54) is 48.5 Å². The van der Waals surface area contributed by atoms with E-state index in [9.17, 15) is 23.3 Å². The first-order chi connectivity index (χ1) is 14.3. The number of nitrogens with zero attached hydrogens (tertiary/aromatic N) is 2. The lowest BCUT2D eigenvalue weighted by Gasteiger charge is -2.32. The van der Waals surface area contributed by atoms with Crippen LogP contribution in [0.15, 0.2) is 53.4 Å². The molecule has 1 N–H and O–H groups in total. The molecule has 0 spiro atoms. The van der Waals surface area contributed by atoms with Gasteiger partial charge in [-0.3, -0.25) is 14.9 Å². The Hall–Kier alpha value is -2.78. The Kier molecular flexibility index (Phi) is 6.84. The molecular formula is C21H25N3O5S. The van der Waals surface area contributed by atoms with Crippen molar-refractivity contribution in [2.45, 2.75) is 50.0 Å². The third kappa shape index (κ3) is 4.85. The minimum atomic E-state index is -3.63. The SMILES string of the molecule is CCN(C1CCCCC1)S(=O)(=O)c1ccc(C(=O)Nc2ccc([N+](=O)[O-])cc2)cc1. The number of hydrogen-bond donors (Lipinski definition) is 1. The summed E-state index contributed by atoms with van der Waals surface area (Å²) in [7, 11) is -3.63. The van der Waals surface area contributed by atoms with Crippen molar-refractivity contribution in [1.82, 2.24) is 4.31 Å². The summed E-state index contributed by atoms with van der Waals surface area (Å²) in [6, 6.07) is 11.4. The molecule has 1 saturated carbocycles. The molecule has 1 aliphatic carbocycles. The maximum atomic E-state index is 13.1. The van der Waals surface area contributed by atoms with Crippen LogP contribution in [0.4, 0.5) is 11.4 Å². The Morgan fingerprint density at radius 2 is 1.67 bits per heavy atom. The molecule has 0 bridgehead atoms. The topological polar surface area (TPSA) is 110 Å². The Morgan fingerprint density at radius 3 is 2.20 bits per heavy atom. The Balaban J connectivity index is 1.72. The van der Waals surface area contributed by atoms with Gasteiger partial charge in [-0.25, -0.2) is 8.42 Å². The van der Waals surface area contributed by atoms with E-state index in [1.807, 2.05) is 6.92 Å². The second kappa shape index (κ2) is 9.36. The fourth-order valence-corrected chi connectivity index (χ4v) is 5.47. The lowest BCUT2D eigenvalue weighted by atomic mass is 9.95. The highest BCUT2D eigenvalue weighted by atomic mass is 32.2. The van der Waals surface area contributed by atoms with E-state index in [-0.39, 0.29) is 16.6 Å². The zero-order valence-corrected chi connectivity index (χ0v) is 17.6. The fourth-order valence-electron chi connectivity index (χ4n) is 3.78. The minimum Gasteiger partial charge on any atom is -0.322 e. The van der Waals surface area contributed by atoms with Crippen molar-refractivity contribution in [2.75, 3.05) is 11.9 Å². The van der Waals surface area contributed by atoms with Crippen molar-refractivity contribution >= 4 is 27.3 Å². The van der Waals surface area contributed by atoms with Crippen LogP contribution in [-0.4, -0.2) is 36.1 Å². The molecule has 2 aromatic carbocycles. The number of carbonyl (C=O) groups is 1. The van der Waals surface area contributed by atoms with E-state index in [2.05, 4.69) is 5.32 Å². The van der Waals surface area contributed by atoms with Gasteiger partial charge < -0.3 is 5.32 Å². The molecular weight excluding hydrogens is 406 g/mol. The van der Waals surface area contributed by atoms with Crippen molar-refractivity contribution in [2.24, 2.45) is 0 Å². The number of nitro benzene ring substituents is 1. The van der Waals surface area contributed by atoms with Gasteiger partial charge in [-0.15, -0.1) is 0 Å². The summed E-state index contributed by atoms with van der Waals surface area (Å²) in [5.41, 5.74) is 0.644. The lowest BCUT2D eigenvalue weighted by molar-refractivity contribution is -0.384. The summed E-state index contributed by atoms with van der Waals surface area (Å²) >= 11 is 0. The highest BCUT2D eigenvalue weighted by molar-refractivity contribution is 7.89. The summed E-state index contributed by atoms with van der Waals surface area (Å²) in [6.45, 7) is 2.26.